The number of pyridine rings is 1. The van der Waals surface area contributed by atoms with Crippen LogP contribution >= 0.6 is 11.8 Å². The molecule has 27 heavy (non-hydrogen) atoms. The van der Waals surface area contributed by atoms with Crippen molar-refractivity contribution in [2.75, 3.05) is 12.9 Å². The summed E-state index contributed by atoms with van der Waals surface area (Å²) in [5, 5.41) is 8.95. The van der Waals surface area contributed by atoms with E-state index in [1.165, 1.54) is 16.2 Å². The van der Waals surface area contributed by atoms with E-state index >= 15 is 0 Å². The molecular weight excluding hydrogens is 356 g/mol. The van der Waals surface area contributed by atoms with Crippen LogP contribution in [-0.4, -0.2) is 27.6 Å². The predicted molar refractivity (Wildman–Crippen MR) is 112 cm³/mol. The summed E-state index contributed by atoms with van der Waals surface area (Å²) in [6.07, 6.45) is 4.00. The van der Waals surface area contributed by atoms with Gasteiger partial charge in [-0.15, -0.1) is 11.8 Å². The molecule has 5 nitrogen and oxygen atoms in total. The number of benzene rings is 1. The fourth-order valence-corrected chi connectivity index (χ4v) is 3.28. The monoisotopic (exact) mass is 384 g/mol. The Kier molecular flexibility index (Phi) is 6.39. The number of aryl methyl sites for hydroxylation is 1. The van der Waals surface area contributed by atoms with E-state index in [4.69, 9.17) is 9.72 Å². The van der Waals surface area contributed by atoms with Crippen LogP contribution in [0.4, 0.5) is 0 Å². The van der Waals surface area contributed by atoms with Crippen LogP contribution in [0.1, 0.15) is 30.7 Å². The van der Waals surface area contributed by atoms with Gasteiger partial charge in [0.2, 0.25) is 5.88 Å². The molecule has 0 amide bonds. The molecule has 0 aliphatic rings. The van der Waals surface area contributed by atoms with Gasteiger partial charge in [-0.05, 0) is 37.3 Å². The summed E-state index contributed by atoms with van der Waals surface area (Å²) in [5.41, 5.74) is 4.45. The Morgan fingerprint density at radius 2 is 1.96 bits per heavy atom. The minimum Gasteiger partial charge on any atom is -0.477 e. The van der Waals surface area contributed by atoms with E-state index in [9.17, 15) is 0 Å². The number of rotatable bonds is 8. The average Bonchev–Trinajstić information content (AvgIpc) is 2.98. The van der Waals surface area contributed by atoms with Gasteiger partial charge in [-0.2, -0.15) is 5.10 Å². The minimum absolute atomic E-state index is 0.457. The van der Waals surface area contributed by atoms with Crippen LogP contribution in [-0.2, 0) is 20.1 Å². The van der Waals surface area contributed by atoms with E-state index in [1.807, 2.05) is 17.9 Å². The highest BCUT2D eigenvalue weighted by Gasteiger charge is 2.11. The highest BCUT2D eigenvalue weighted by Crippen LogP contribution is 2.26. The Morgan fingerprint density at radius 1 is 1.19 bits per heavy atom. The number of ether oxygens (including phenoxy) is 1. The first-order chi connectivity index (χ1) is 13.0. The molecule has 0 fully saturated rings. The van der Waals surface area contributed by atoms with E-state index in [0.29, 0.717) is 19.1 Å². The van der Waals surface area contributed by atoms with Gasteiger partial charge in [0.1, 0.15) is 0 Å². The van der Waals surface area contributed by atoms with Gasteiger partial charge in [-0.1, -0.05) is 19.9 Å². The topological polar surface area (TPSA) is 52.0 Å². The molecular formula is C21H28N4OS. The summed E-state index contributed by atoms with van der Waals surface area (Å²) in [6, 6.07) is 8.58. The lowest BCUT2D eigenvalue weighted by Crippen LogP contribution is -2.15. The van der Waals surface area contributed by atoms with Gasteiger partial charge >= 0.3 is 0 Å². The Labute approximate surface area is 165 Å². The smallest absolute Gasteiger partial charge is 0.218 e. The van der Waals surface area contributed by atoms with Crippen molar-refractivity contribution in [3.8, 4) is 5.88 Å². The highest BCUT2D eigenvalue weighted by molar-refractivity contribution is 7.98. The van der Waals surface area contributed by atoms with Crippen molar-refractivity contribution in [3.05, 3.63) is 47.3 Å². The molecule has 0 radical (unpaired) electrons. The number of fused-ring (bicyclic) bond motifs is 1. The molecule has 2 aromatic heterocycles. The molecule has 0 bridgehead atoms. The van der Waals surface area contributed by atoms with Crippen LogP contribution in [0.2, 0.25) is 0 Å². The van der Waals surface area contributed by atoms with Crippen molar-refractivity contribution >= 4 is 22.7 Å². The molecule has 0 saturated heterocycles. The molecule has 1 aromatic carbocycles. The highest BCUT2D eigenvalue weighted by atomic mass is 32.2. The van der Waals surface area contributed by atoms with Crippen LogP contribution < -0.4 is 10.1 Å². The van der Waals surface area contributed by atoms with Crippen molar-refractivity contribution in [2.24, 2.45) is 13.0 Å². The summed E-state index contributed by atoms with van der Waals surface area (Å²) in [6.45, 7) is 8.52. The lowest BCUT2D eigenvalue weighted by molar-refractivity contribution is 0.259. The van der Waals surface area contributed by atoms with Crippen molar-refractivity contribution in [1.29, 1.82) is 0 Å². The number of nitrogens with zero attached hydrogens (tertiary/aromatic N) is 3. The number of nitrogens with one attached hydrogen (secondary N) is 1. The number of aromatic nitrogens is 3. The molecule has 3 rings (SSSR count). The van der Waals surface area contributed by atoms with E-state index in [0.717, 1.165) is 28.9 Å². The lowest BCUT2D eigenvalue weighted by Gasteiger charge is -2.14. The first-order valence-electron chi connectivity index (χ1n) is 9.26. The molecule has 0 atom stereocenters. The Balaban J connectivity index is 1.82. The van der Waals surface area contributed by atoms with Crippen molar-refractivity contribution in [3.63, 3.8) is 0 Å². The van der Waals surface area contributed by atoms with Gasteiger partial charge in [-0.3, -0.25) is 4.68 Å². The maximum atomic E-state index is 6.04. The van der Waals surface area contributed by atoms with Gasteiger partial charge in [0.05, 0.1) is 18.3 Å². The van der Waals surface area contributed by atoms with Crippen LogP contribution in [0.3, 0.4) is 0 Å². The summed E-state index contributed by atoms with van der Waals surface area (Å²) in [4.78, 5) is 6.02. The lowest BCUT2D eigenvalue weighted by atomic mass is 10.1. The zero-order chi connectivity index (χ0) is 19.4. The molecule has 6 heteroatoms. The summed E-state index contributed by atoms with van der Waals surface area (Å²) < 4.78 is 7.93. The van der Waals surface area contributed by atoms with Gasteiger partial charge in [0.15, 0.2) is 0 Å². The van der Waals surface area contributed by atoms with E-state index < -0.39 is 0 Å². The Bertz CT molecular complexity index is 920. The molecule has 0 aliphatic heterocycles. The zero-order valence-corrected chi connectivity index (χ0v) is 17.6. The van der Waals surface area contributed by atoms with Crippen LogP contribution in [0.15, 0.2) is 35.4 Å². The molecule has 2 heterocycles. The maximum absolute atomic E-state index is 6.04. The second kappa shape index (κ2) is 8.76. The third-order valence-corrected chi connectivity index (χ3v) is 5.31. The van der Waals surface area contributed by atoms with Crippen molar-refractivity contribution < 1.29 is 4.74 Å². The first-order valence-corrected chi connectivity index (χ1v) is 10.5. The Morgan fingerprint density at radius 3 is 2.63 bits per heavy atom. The third kappa shape index (κ3) is 4.82. The van der Waals surface area contributed by atoms with Crippen molar-refractivity contribution in [2.45, 2.75) is 38.8 Å². The van der Waals surface area contributed by atoms with E-state index in [2.05, 4.69) is 61.7 Å². The van der Waals surface area contributed by atoms with Crippen LogP contribution in [0.25, 0.3) is 10.9 Å². The zero-order valence-electron chi connectivity index (χ0n) is 16.7. The second-order valence-corrected chi connectivity index (χ2v) is 8.08. The number of hydrogen-bond donors (Lipinski definition) is 1. The standard InChI is InChI=1S/C21H28N4OS/c1-14(2)13-26-21-17(10-22-11-18-12-23-25(4)15(18)3)8-16-6-7-19(27-5)9-20(16)24-21/h6-9,12,14,22H,10-11,13H2,1-5H3. The third-order valence-electron chi connectivity index (χ3n) is 4.59. The summed E-state index contributed by atoms with van der Waals surface area (Å²) in [5.74, 6) is 1.18. The predicted octanol–water partition coefficient (Wildman–Crippen LogP) is 4.32. The molecule has 0 spiro atoms. The second-order valence-electron chi connectivity index (χ2n) is 7.20. The minimum atomic E-state index is 0.457. The van der Waals surface area contributed by atoms with Gasteiger partial charge in [-0.25, -0.2) is 4.98 Å². The van der Waals surface area contributed by atoms with Gasteiger partial charge in [0, 0.05) is 47.2 Å². The fraction of sp³-hybridized carbons (Fsp3) is 0.429. The fourth-order valence-electron chi connectivity index (χ4n) is 2.85. The number of thioether (sulfide) groups is 1. The molecule has 3 aromatic rings. The first kappa shape index (κ1) is 19.7. The average molecular weight is 385 g/mol. The van der Waals surface area contributed by atoms with Crippen LogP contribution in [0.5, 0.6) is 5.88 Å². The van der Waals surface area contributed by atoms with Crippen LogP contribution in [0, 0.1) is 12.8 Å². The summed E-state index contributed by atoms with van der Waals surface area (Å²) in [7, 11) is 1.97. The number of hydrogen-bond acceptors (Lipinski definition) is 5. The molecule has 0 aliphatic carbocycles. The largest absolute Gasteiger partial charge is 0.477 e. The molecule has 0 unspecified atom stereocenters. The van der Waals surface area contributed by atoms with E-state index in [-0.39, 0.29) is 0 Å². The maximum Gasteiger partial charge on any atom is 0.218 e. The molecule has 1 N–H and O–H groups in total. The normalized spacial score (nSPS) is 11.5. The molecule has 144 valence electrons. The van der Waals surface area contributed by atoms with Gasteiger partial charge < -0.3 is 10.1 Å². The van der Waals surface area contributed by atoms with Crippen molar-refractivity contribution in [1.82, 2.24) is 20.1 Å². The quantitative estimate of drug-likeness (QED) is 0.586. The summed E-state index contributed by atoms with van der Waals surface area (Å²) >= 11 is 1.73. The molecule has 0 saturated carbocycles. The Hall–Kier alpha value is -2.05. The van der Waals surface area contributed by atoms with Gasteiger partial charge in [0.25, 0.3) is 0 Å². The van der Waals surface area contributed by atoms with E-state index in [1.54, 1.807) is 11.8 Å². The SMILES string of the molecule is CSc1ccc2cc(CNCc3cnn(C)c3C)c(OCC(C)C)nc2c1.